The second-order valence-electron chi connectivity index (χ2n) is 3.20. The zero-order valence-electron chi connectivity index (χ0n) is 8.54. The molecule has 0 spiro atoms. The summed E-state index contributed by atoms with van der Waals surface area (Å²) in [5.41, 5.74) is 2.30. The molecule has 3 heteroatoms. The van der Waals surface area contributed by atoms with E-state index in [-0.39, 0.29) is 0 Å². The summed E-state index contributed by atoms with van der Waals surface area (Å²) in [7, 11) is 0. The van der Waals surface area contributed by atoms with Gasteiger partial charge in [0.15, 0.2) is 0 Å². The maximum absolute atomic E-state index is 9.07. The molecular weight excluding hydrogens is 198 g/mol. The van der Waals surface area contributed by atoms with Crippen molar-refractivity contribution in [2.45, 2.75) is 0 Å². The van der Waals surface area contributed by atoms with Gasteiger partial charge in [-0.3, -0.25) is 9.97 Å². The lowest BCUT2D eigenvalue weighted by atomic mass is 10.1. The standard InChI is InChI=1S/C13H9N3/c14-8-13(12-4-2-6-16-10-12)7-11-3-1-5-15-9-11/h1-7,9-10H/b13-7+. The van der Waals surface area contributed by atoms with Crippen LogP contribution < -0.4 is 0 Å². The van der Waals surface area contributed by atoms with Crippen LogP contribution in [0.3, 0.4) is 0 Å². The molecule has 0 aliphatic rings. The van der Waals surface area contributed by atoms with E-state index in [0.29, 0.717) is 5.57 Å². The topological polar surface area (TPSA) is 49.6 Å². The van der Waals surface area contributed by atoms with Gasteiger partial charge >= 0.3 is 0 Å². The first-order chi connectivity index (χ1) is 7.90. The van der Waals surface area contributed by atoms with E-state index in [1.807, 2.05) is 24.3 Å². The quantitative estimate of drug-likeness (QED) is 0.711. The van der Waals surface area contributed by atoms with Crippen LogP contribution in [0.15, 0.2) is 49.1 Å². The molecule has 3 nitrogen and oxygen atoms in total. The molecule has 2 rings (SSSR count). The van der Waals surface area contributed by atoms with Crippen LogP contribution in [0.25, 0.3) is 11.6 Å². The molecule has 16 heavy (non-hydrogen) atoms. The number of hydrogen-bond acceptors (Lipinski definition) is 3. The predicted molar refractivity (Wildman–Crippen MR) is 62.0 cm³/mol. The van der Waals surface area contributed by atoms with Crippen molar-refractivity contribution in [3.8, 4) is 6.07 Å². The van der Waals surface area contributed by atoms with Crippen LogP contribution in [0.1, 0.15) is 11.1 Å². The van der Waals surface area contributed by atoms with Crippen LogP contribution in [0.5, 0.6) is 0 Å². The number of hydrogen-bond donors (Lipinski definition) is 0. The summed E-state index contributed by atoms with van der Waals surface area (Å²) in [6.07, 6.45) is 8.57. The summed E-state index contributed by atoms with van der Waals surface area (Å²) in [5, 5.41) is 9.07. The lowest BCUT2D eigenvalue weighted by Crippen LogP contribution is -1.83. The Morgan fingerprint density at radius 1 is 1.12 bits per heavy atom. The number of aromatic nitrogens is 2. The van der Waals surface area contributed by atoms with Crippen molar-refractivity contribution in [2.75, 3.05) is 0 Å². The van der Waals surface area contributed by atoms with Gasteiger partial charge in [0.1, 0.15) is 0 Å². The molecule has 0 aliphatic heterocycles. The fourth-order valence-corrected chi connectivity index (χ4v) is 1.33. The Balaban J connectivity index is 2.39. The third-order valence-corrected chi connectivity index (χ3v) is 2.09. The van der Waals surface area contributed by atoms with Gasteiger partial charge in [-0.1, -0.05) is 12.1 Å². The van der Waals surface area contributed by atoms with Crippen molar-refractivity contribution in [3.63, 3.8) is 0 Å². The van der Waals surface area contributed by atoms with Crippen LogP contribution in [0.4, 0.5) is 0 Å². The molecule has 2 aromatic rings. The van der Waals surface area contributed by atoms with E-state index in [4.69, 9.17) is 5.26 Å². The van der Waals surface area contributed by atoms with Crippen molar-refractivity contribution >= 4 is 11.6 Å². The zero-order chi connectivity index (χ0) is 11.2. The number of nitriles is 1. The molecule has 0 aromatic carbocycles. The van der Waals surface area contributed by atoms with Gasteiger partial charge in [0.25, 0.3) is 0 Å². The van der Waals surface area contributed by atoms with Gasteiger partial charge in [-0.2, -0.15) is 5.26 Å². The fourth-order valence-electron chi connectivity index (χ4n) is 1.33. The molecule has 0 N–H and O–H groups in total. The molecule has 2 heterocycles. The van der Waals surface area contributed by atoms with Crippen LogP contribution in [0.2, 0.25) is 0 Å². The van der Waals surface area contributed by atoms with Gasteiger partial charge in [0.2, 0.25) is 0 Å². The van der Waals surface area contributed by atoms with E-state index >= 15 is 0 Å². The van der Waals surface area contributed by atoms with Gasteiger partial charge in [-0.05, 0) is 23.8 Å². The summed E-state index contributed by atoms with van der Waals surface area (Å²) < 4.78 is 0. The van der Waals surface area contributed by atoms with Crippen LogP contribution >= 0.6 is 0 Å². The largest absolute Gasteiger partial charge is 0.264 e. The van der Waals surface area contributed by atoms with E-state index in [1.165, 1.54) is 0 Å². The molecule has 76 valence electrons. The summed E-state index contributed by atoms with van der Waals surface area (Å²) in [6.45, 7) is 0. The molecule has 0 aliphatic carbocycles. The third-order valence-electron chi connectivity index (χ3n) is 2.09. The highest BCUT2D eigenvalue weighted by molar-refractivity contribution is 5.89. The zero-order valence-corrected chi connectivity index (χ0v) is 8.54. The molecule has 0 bridgehead atoms. The van der Waals surface area contributed by atoms with Gasteiger partial charge in [-0.15, -0.1) is 0 Å². The first kappa shape index (κ1) is 10.1. The Morgan fingerprint density at radius 3 is 2.44 bits per heavy atom. The fraction of sp³-hybridized carbons (Fsp3) is 0. The first-order valence-electron chi connectivity index (χ1n) is 4.82. The summed E-state index contributed by atoms with van der Waals surface area (Å²) >= 11 is 0. The van der Waals surface area contributed by atoms with Gasteiger partial charge < -0.3 is 0 Å². The van der Waals surface area contributed by atoms with E-state index < -0.39 is 0 Å². The van der Waals surface area contributed by atoms with Crippen molar-refractivity contribution in [3.05, 3.63) is 60.2 Å². The normalized spacial score (nSPS) is 10.8. The SMILES string of the molecule is N#C/C(=C\c1cccnc1)c1cccnc1. The lowest BCUT2D eigenvalue weighted by molar-refractivity contribution is 1.31. The maximum Gasteiger partial charge on any atom is 0.0998 e. The second kappa shape index (κ2) is 4.85. The number of allylic oxidation sites excluding steroid dienone is 1. The Bertz CT molecular complexity index is 524. The Hall–Kier alpha value is -2.47. The van der Waals surface area contributed by atoms with Crippen molar-refractivity contribution in [1.29, 1.82) is 5.26 Å². The lowest BCUT2D eigenvalue weighted by Gasteiger charge is -1.97. The highest BCUT2D eigenvalue weighted by Crippen LogP contribution is 2.15. The second-order valence-corrected chi connectivity index (χ2v) is 3.20. The number of nitrogens with zero attached hydrogens (tertiary/aromatic N) is 3. The van der Waals surface area contributed by atoms with Gasteiger partial charge in [-0.25, -0.2) is 0 Å². The highest BCUT2D eigenvalue weighted by atomic mass is 14.6. The molecule has 0 saturated carbocycles. The molecule has 2 aromatic heterocycles. The minimum absolute atomic E-state index is 0.584. The van der Waals surface area contributed by atoms with Gasteiger partial charge in [0.05, 0.1) is 11.6 Å². The smallest absolute Gasteiger partial charge is 0.0998 e. The Morgan fingerprint density at radius 2 is 1.88 bits per heavy atom. The molecule has 0 saturated heterocycles. The molecular formula is C13H9N3. The monoisotopic (exact) mass is 207 g/mol. The molecule has 0 unspecified atom stereocenters. The summed E-state index contributed by atoms with van der Waals surface area (Å²) in [5.74, 6) is 0. The van der Waals surface area contributed by atoms with Crippen LogP contribution in [0, 0.1) is 11.3 Å². The van der Waals surface area contributed by atoms with E-state index in [1.54, 1.807) is 30.9 Å². The van der Waals surface area contributed by atoms with Crippen molar-refractivity contribution in [1.82, 2.24) is 9.97 Å². The van der Waals surface area contributed by atoms with Crippen LogP contribution in [-0.4, -0.2) is 9.97 Å². The van der Waals surface area contributed by atoms with E-state index in [9.17, 15) is 0 Å². The average molecular weight is 207 g/mol. The number of pyridine rings is 2. The maximum atomic E-state index is 9.07. The van der Waals surface area contributed by atoms with Crippen LogP contribution in [-0.2, 0) is 0 Å². The molecule has 0 amide bonds. The predicted octanol–water partition coefficient (Wildman–Crippen LogP) is 2.54. The highest BCUT2D eigenvalue weighted by Gasteiger charge is 1.99. The molecule has 0 radical (unpaired) electrons. The third kappa shape index (κ3) is 2.31. The average Bonchev–Trinajstić information content (AvgIpc) is 2.38. The molecule has 0 fully saturated rings. The minimum Gasteiger partial charge on any atom is -0.264 e. The summed E-state index contributed by atoms with van der Waals surface area (Å²) in [6, 6.07) is 9.57. The van der Waals surface area contributed by atoms with Crippen molar-refractivity contribution in [2.24, 2.45) is 0 Å². The Kier molecular flexibility index (Phi) is 3.05. The first-order valence-corrected chi connectivity index (χ1v) is 4.82. The Labute approximate surface area is 93.7 Å². The number of rotatable bonds is 2. The minimum atomic E-state index is 0.584. The van der Waals surface area contributed by atoms with Crippen molar-refractivity contribution < 1.29 is 0 Å². The van der Waals surface area contributed by atoms with E-state index in [0.717, 1.165) is 11.1 Å². The molecule has 0 atom stereocenters. The summed E-state index contributed by atoms with van der Waals surface area (Å²) in [4.78, 5) is 7.98. The van der Waals surface area contributed by atoms with E-state index in [2.05, 4.69) is 16.0 Å². The van der Waals surface area contributed by atoms with Gasteiger partial charge in [0, 0.05) is 30.4 Å².